The highest BCUT2D eigenvalue weighted by Gasteiger charge is 2.25. The van der Waals surface area contributed by atoms with Crippen molar-refractivity contribution in [3.63, 3.8) is 0 Å². The maximum Gasteiger partial charge on any atom is 0.178 e. The van der Waals surface area contributed by atoms with Gasteiger partial charge in [-0.2, -0.15) is 0 Å². The third kappa shape index (κ3) is 1.91. The third-order valence-corrected chi connectivity index (χ3v) is 4.31. The Morgan fingerprint density at radius 2 is 2.00 bits per heavy atom. The SMILES string of the molecule is CCC(C)(CC)n1c(=S)[nH]c2cccc(Cl)c21. The molecule has 2 nitrogen and oxygen atoms in total. The molecule has 2 aromatic rings. The van der Waals surface area contributed by atoms with Gasteiger partial charge in [-0.1, -0.05) is 31.5 Å². The van der Waals surface area contributed by atoms with E-state index in [1.807, 2.05) is 18.2 Å². The zero-order valence-electron chi connectivity index (χ0n) is 10.4. The largest absolute Gasteiger partial charge is 0.331 e. The molecule has 1 aromatic heterocycles. The van der Waals surface area contributed by atoms with Crippen LogP contribution in [0.15, 0.2) is 18.2 Å². The summed E-state index contributed by atoms with van der Waals surface area (Å²) in [5.74, 6) is 0. The fourth-order valence-corrected chi connectivity index (χ4v) is 2.88. The summed E-state index contributed by atoms with van der Waals surface area (Å²) in [4.78, 5) is 3.24. The van der Waals surface area contributed by atoms with Crippen LogP contribution in [0, 0.1) is 4.77 Å². The second-order valence-electron chi connectivity index (χ2n) is 4.61. The first-order valence-corrected chi connectivity index (χ1v) is 6.72. The van der Waals surface area contributed by atoms with Crippen molar-refractivity contribution in [3.05, 3.63) is 28.0 Å². The van der Waals surface area contributed by atoms with Gasteiger partial charge in [-0.05, 0) is 44.1 Å². The number of nitrogens with one attached hydrogen (secondary N) is 1. The molecule has 0 spiro atoms. The maximum absolute atomic E-state index is 6.31. The van der Waals surface area contributed by atoms with Gasteiger partial charge in [0, 0.05) is 5.54 Å². The molecule has 0 bridgehead atoms. The van der Waals surface area contributed by atoms with Gasteiger partial charge in [0.05, 0.1) is 16.1 Å². The Hall–Kier alpha value is -0.800. The number of hydrogen-bond acceptors (Lipinski definition) is 1. The minimum absolute atomic E-state index is 0.0142. The number of halogens is 1. The standard InChI is InChI=1S/C13H17ClN2S/c1-4-13(3,5-2)16-11-9(14)7-6-8-10(11)15-12(16)17/h6-8H,4-5H2,1-3H3,(H,15,17). The summed E-state index contributed by atoms with van der Waals surface area (Å²) in [6.45, 7) is 6.58. The minimum atomic E-state index is 0.0142. The van der Waals surface area contributed by atoms with E-state index in [2.05, 4.69) is 30.3 Å². The molecule has 0 amide bonds. The fraction of sp³-hybridized carbons (Fsp3) is 0.462. The van der Waals surface area contributed by atoms with Crippen molar-refractivity contribution in [2.45, 2.75) is 39.2 Å². The summed E-state index contributed by atoms with van der Waals surface area (Å²) in [7, 11) is 0. The van der Waals surface area contributed by atoms with Gasteiger partial charge in [0.15, 0.2) is 4.77 Å². The van der Waals surface area contributed by atoms with E-state index in [-0.39, 0.29) is 5.54 Å². The molecule has 0 fully saturated rings. The number of imidazole rings is 1. The second kappa shape index (κ2) is 4.46. The Morgan fingerprint density at radius 3 is 2.59 bits per heavy atom. The van der Waals surface area contributed by atoms with E-state index in [4.69, 9.17) is 23.8 Å². The van der Waals surface area contributed by atoms with Crippen molar-refractivity contribution in [3.8, 4) is 0 Å². The molecule has 0 aliphatic rings. The lowest BCUT2D eigenvalue weighted by Gasteiger charge is -2.29. The van der Waals surface area contributed by atoms with Crippen LogP contribution in [0.5, 0.6) is 0 Å². The van der Waals surface area contributed by atoms with Gasteiger partial charge in [-0.25, -0.2) is 0 Å². The van der Waals surface area contributed by atoms with Gasteiger partial charge < -0.3 is 9.55 Å². The number of aromatic nitrogens is 2. The van der Waals surface area contributed by atoms with E-state index in [0.29, 0.717) is 0 Å². The average molecular weight is 269 g/mol. The lowest BCUT2D eigenvalue weighted by molar-refractivity contribution is 0.299. The first kappa shape index (κ1) is 12.7. The van der Waals surface area contributed by atoms with E-state index in [9.17, 15) is 0 Å². The van der Waals surface area contributed by atoms with E-state index in [1.165, 1.54) is 0 Å². The lowest BCUT2D eigenvalue weighted by Crippen LogP contribution is -2.28. The molecule has 1 aromatic carbocycles. The summed E-state index contributed by atoms with van der Waals surface area (Å²) in [6, 6.07) is 5.86. The molecule has 1 N–H and O–H groups in total. The molecule has 1 heterocycles. The van der Waals surface area contributed by atoms with Gasteiger partial charge in [0.25, 0.3) is 0 Å². The number of nitrogens with zero attached hydrogens (tertiary/aromatic N) is 1. The van der Waals surface area contributed by atoms with Gasteiger partial charge in [0.1, 0.15) is 0 Å². The molecule has 0 aliphatic heterocycles. The number of fused-ring (bicyclic) bond motifs is 1. The summed E-state index contributed by atoms with van der Waals surface area (Å²) in [5.41, 5.74) is 2.04. The highest BCUT2D eigenvalue weighted by atomic mass is 35.5. The van der Waals surface area contributed by atoms with E-state index in [1.54, 1.807) is 0 Å². The van der Waals surface area contributed by atoms with Crippen LogP contribution in [0.2, 0.25) is 5.02 Å². The average Bonchev–Trinajstić information content (AvgIpc) is 2.66. The molecule has 0 unspecified atom stereocenters. The Morgan fingerprint density at radius 1 is 1.35 bits per heavy atom. The molecule has 92 valence electrons. The van der Waals surface area contributed by atoms with E-state index < -0.39 is 0 Å². The van der Waals surface area contributed by atoms with Crippen molar-refractivity contribution < 1.29 is 0 Å². The molecule has 0 radical (unpaired) electrons. The fourth-order valence-electron chi connectivity index (χ4n) is 2.20. The van der Waals surface area contributed by atoms with Gasteiger partial charge >= 0.3 is 0 Å². The normalized spacial score (nSPS) is 12.2. The van der Waals surface area contributed by atoms with Crippen molar-refractivity contribution in [1.29, 1.82) is 0 Å². The highest BCUT2D eigenvalue weighted by Crippen LogP contribution is 2.32. The summed E-state index contributed by atoms with van der Waals surface area (Å²) < 4.78 is 2.92. The van der Waals surface area contributed by atoms with Crippen LogP contribution in [0.3, 0.4) is 0 Å². The zero-order chi connectivity index (χ0) is 12.6. The second-order valence-corrected chi connectivity index (χ2v) is 5.40. The number of aromatic amines is 1. The Labute approximate surface area is 112 Å². The number of rotatable bonds is 3. The smallest absolute Gasteiger partial charge is 0.178 e. The Bertz CT molecular complexity index is 593. The van der Waals surface area contributed by atoms with Gasteiger partial charge in [0.2, 0.25) is 0 Å². The van der Waals surface area contributed by atoms with Crippen molar-refractivity contribution in [1.82, 2.24) is 9.55 Å². The molecule has 0 saturated heterocycles. The van der Waals surface area contributed by atoms with Crippen molar-refractivity contribution in [2.75, 3.05) is 0 Å². The summed E-state index contributed by atoms with van der Waals surface area (Å²) in [6.07, 6.45) is 2.05. The van der Waals surface area contributed by atoms with Crippen LogP contribution in [0.1, 0.15) is 33.6 Å². The van der Waals surface area contributed by atoms with Gasteiger partial charge in [-0.3, -0.25) is 0 Å². The van der Waals surface area contributed by atoms with Crippen LogP contribution >= 0.6 is 23.8 Å². The number of para-hydroxylation sites is 1. The molecule has 0 saturated carbocycles. The molecule has 0 atom stereocenters. The Balaban J connectivity index is 2.86. The number of hydrogen-bond donors (Lipinski definition) is 1. The Kier molecular flexibility index (Phi) is 3.32. The lowest BCUT2D eigenvalue weighted by atomic mass is 9.95. The molecular weight excluding hydrogens is 252 g/mol. The first-order valence-electron chi connectivity index (χ1n) is 5.93. The van der Waals surface area contributed by atoms with E-state index in [0.717, 1.165) is 33.7 Å². The predicted octanol–water partition coefficient (Wildman–Crippen LogP) is 4.89. The monoisotopic (exact) mass is 268 g/mol. The summed E-state index contributed by atoms with van der Waals surface area (Å²) >= 11 is 11.8. The van der Waals surface area contributed by atoms with E-state index >= 15 is 0 Å². The van der Waals surface area contributed by atoms with Crippen LogP contribution in [0.4, 0.5) is 0 Å². The zero-order valence-corrected chi connectivity index (χ0v) is 12.0. The minimum Gasteiger partial charge on any atom is -0.331 e. The van der Waals surface area contributed by atoms with Crippen LogP contribution in [0.25, 0.3) is 11.0 Å². The van der Waals surface area contributed by atoms with Crippen LogP contribution in [-0.2, 0) is 5.54 Å². The topological polar surface area (TPSA) is 20.7 Å². The van der Waals surface area contributed by atoms with Crippen molar-refractivity contribution in [2.24, 2.45) is 0 Å². The number of benzene rings is 1. The van der Waals surface area contributed by atoms with Crippen molar-refractivity contribution >= 4 is 34.9 Å². The molecule has 17 heavy (non-hydrogen) atoms. The summed E-state index contributed by atoms with van der Waals surface area (Å²) in [5, 5.41) is 0.753. The quantitative estimate of drug-likeness (QED) is 0.786. The van der Waals surface area contributed by atoms with Gasteiger partial charge in [-0.15, -0.1) is 0 Å². The number of H-pyrrole nitrogens is 1. The highest BCUT2D eigenvalue weighted by molar-refractivity contribution is 7.71. The van der Waals surface area contributed by atoms with Crippen LogP contribution in [-0.4, -0.2) is 9.55 Å². The molecule has 0 aliphatic carbocycles. The molecule has 2 rings (SSSR count). The predicted molar refractivity (Wildman–Crippen MR) is 76.4 cm³/mol. The molecule has 4 heteroatoms. The van der Waals surface area contributed by atoms with Crippen LogP contribution < -0.4 is 0 Å². The third-order valence-electron chi connectivity index (χ3n) is 3.72. The first-order chi connectivity index (χ1) is 8.03. The molecular formula is C13H17ClN2S. The maximum atomic E-state index is 6.31.